The summed E-state index contributed by atoms with van der Waals surface area (Å²) < 4.78 is 0. The molecule has 0 amide bonds. The van der Waals surface area contributed by atoms with Gasteiger partial charge in [-0.1, -0.05) is 68.4 Å². The lowest BCUT2D eigenvalue weighted by atomic mass is 9.96. The van der Waals surface area contributed by atoms with Gasteiger partial charge in [0.25, 0.3) is 0 Å². The quantitative estimate of drug-likeness (QED) is 0.393. The molecule has 0 saturated carbocycles. The maximum Gasteiger partial charge on any atom is 0.162 e. The van der Waals surface area contributed by atoms with E-state index in [0.29, 0.717) is 12.5 Å². The van der Waals surface area contributed by atoms with Crippen molar-refractivity contribution in [3.05, 3.63) is 95.4 Å². The van der Waals surface area contributed by atoms with E-state index >= 15 is 0 Å². The fraction of sp³-hybridized carbons (Fsp3) is 0.222. The second-order valence-corrected chi connectivity index (χ2v) is 8.14. The minimum atomic E-state index is 0.413. The molecule has 0 fully saturated rings. The molecule has 4 rings (SSSR count). The molecule has 0 spiro atoms. The molecule has 156 valence electrons. The largest absolute Gasteiger partial charge is 0.366 e. The smallest absolute Gasteiger partial charge is 0.162 e. The van der Waals surface area contributed by atoms with Gasteiger partial charge in [0.1, 0.15) is 5.82 Å². The summed E-state index contributed by atoms with van der Waals surface area (Å²) in [5, 5.41) is 3.52. The Morgan fingerprint density at radius 2 is 1.61 bits per heavy atom. The number of hydrogen-bond donors (Lipinski definition) is 1. The van der Waals surface area contributed by atoms with Crippen LogP contribution in [0.3, 0.4) is 0 Å². The van der Waals surface area contributed by atoms with Gasteiger partial charge >= 0.3 is 0 Å². The highest BCUT2D eigenvalue weighted by molar-refractivity contribution is 5.65. The first-order chi connectivity index (χ1) is 15.0. The Labute approximate surface area is 184 Å². The number of nitrogens with one attached hydrogen (secondary N) is 1. The van der Waals surface area contributed by atoms with E-state index in [4.69, 9.17) is 9.97 Å². The monoisotopic (exact) mass is 408 g/mol. The third kappa shape index (κ3) is 4.64. The van der Waals surface area contributed by atoms with E-state index in [9.17, 15) is 0 Å². The van der Waals surface area contributed by atoms with E-state index in [0.717, 1.165) is 34.0 Å². The van der Waals surface area contributed by atoms with Gasteiger partial charge in [-0.05, 0) is 48.1 Å². The van der Waals surface area contributed by atoms with Crippen LogP contribution in [0.15, 0.2) is 73.1 Å². The molecule has 2 aromatic heterocycles. The molecular weight excluding hydrogens is 380 g/mol. The van der Waals surface area contributed by atoms with Gasteiger partial charge in [-0.15, -0.1) is 0 Å². The lowest BCUT2D eigenvalue weighted by Crippen LogP contribution is -2.08. The Morgan fingerprint density at radius 3 is 2.32 bits per heavy atom. The van der Waals surface area contributed by atoms with E-state index in [2.05, 4.69) is 85.7 Å². The van der Waals surface area contributed by atoms with Gasteiger partial charge in [-0.3, -0.25) is 4.98 Å². The van der Waals surface area contributed by atoms with Crippen LogP contribution in [0.5, 0.6) is 0 Å². The predicted octanol–water partition coefficient (Wildman–Crippen LogP) is 6.56. The molecule has 1 N–H and O–H groups in total. The van der Waals surface area contributed by atoms with Crippen molar-refractivity contribution in [1.82, 2.24) is 15.0 Å². The molecule has 0 radical (unpaired) electrons. The lowest BCUT2D eigenvalue weighted by Gasteiger charge is -2.16. The molecule has 0 aliphatic rings. The van der Waals surface area contributed by atoms with Crippen LogP contribution < -0.4 is 5.32 Å². The zero-order valence-electron chi connectivity index (χ0n) is 18.6. The van der Waals surface area contributed by atoms with Gasteiger partial charge in [-0.2, -0.15) is 0 Å². The standard InChI is InChI=1S/C27H28N4/c1-18(2)24-9-5-6-10-25(24)27-30-20(4)19(3)26(31-27)29-16-21-11-13-22(14-12-21)23-8-7-15-28-17-23/h5-15,17-18H,16H2,1-4H3,(H,29,30,31). The van der Waals surface area contributed by atoms with Crippen molar-refractivity contribution >= 4 is 5.82 Å². The van der Waals surface area contributed by atoms with Crippen LogP contribution in [0.2, 0.25) is 0 Å². The Hall–Kier alpha value is -3.53. The van der Waals surface area contributed by atoms with Crippen LogP contribution >= 0.6 is 0 Å². The molecule has 0 saturated heterocycles. The first-order valence-electron chi connectivity index (χ1n) is 10.7. The summed E-state index contributed by atoms with van der Waals surface area (Å²) >= 11 is 0. The summed E-state index contributed by atoms with van der Waals surface area (Å²) in [4.78, 5) is 13.9. The van der Waals surface area contributed by atoms with Crippen molar-refractivity contribution in [3.8, 4) is 22.5 Å². The van der Waals surface area contributed by atoms with E-state index in [-0.39, 0.29) is 0 Å². The van der Waals surface area contributed by atoms with E-state index < -0.39 is 0 Å². The SMILES string of the molecule is Cc1nc(-c2ccccc2C(C)C)nc(NCc2ccc(-c3cccnc3)cc2)c1C. The normalized spacial score (nSPS) is 11.0. The molecule has 0 unspecified atom stereocenters. The molecule has 0 bridgehead atoms. The van der Waals surface area contributed by atoms with Gasteiger partial charge in [0.05, 0.1) is 0 Å². The molecular formula is C27H28N4. The zero-order chi connectivity index (χ0) is 21.8. The van der Waals surface area contributed by atoms with Crippen molar-refractivity contribution in [2.24, 2.45) is 0 Å². The molecule has 0 atom stereocenters. The summed E-state index contributed by atoms with van der Waals surface area (Å²) in [6.07, 6.45) is 3.68. The van der Waals surface area contributed by atoms with Crippen LogP contribution in [0, 0.1) is 13.8 Å². The highest BCUT2D eigenvalue weighted by Gasteiger charge is 2.14. The maximum atomic E-state index is 4.90. The number of benzene rings is 2. The number of hydrogen-bond acceptors (Lipinski definition) is 4. The highest BCUT2D eigenvalue weighted by Crippen LogP contribution is 2.29. The van der Waals surface area contributed by atoms with E-state index in [1.54, 1.807) is 6.20 Å². The third-order valence-corrected chi connectivity index (χ3v) is 5.62. The van der Waals surface area contributed by atoms with Crippen LogP contribution in [0.1, 0.15) is 42.1 Å². The first kappa shape index (κ1) is 20.7. The van der Waals surface area contributed by atoms with Crippen LogP contribution in [-0.4, -0.2) is 15.0 Å². The van der Waals surface area contributed by atoms with Crippen LogP contribution in [0.25, 0.3) is 22.5 Å². The molecule has 31 heavy (non-hydrogen) atoms. The van der Waals surface area contributed by atoms with Gasteiger partial charge in [0.2, 0.25) is 0 Å². The molecule has 0 aliphatic carbocycles. The topological polar surface area (TPSA) is 50.7 Å². The summed E-state index contributed by atoms with van der Waals surface area (Å²) in [5.74, 6) is 2.08. The van der Waals surface area contributed by atoms with Crippen molar-refractivity contribution in [1.29, 1.82) is 0 Å². The van der Waals surface area contributed by atoms with Gasteiger partial charge in [0.15, 0.2) is 5.82 Å². The minimum absolute atomic E-state index is 0.413. The molecule has 2 aromatic carbocycles. The first-order valence-corrected chi connectivity index (χ1v) is 10.7. The van der Waals surface area contributed by atoms with Crippen molar-refractivity contribution in [2.45, 2.75) is 40.2 Å². The van der Waals surface area contributed by atoms with Crippen molar-refractivity contribution in [2.75, 3.05) is 5.32 Å². The van der Waals surface area contributed by atoms with E-state index in [1.807, 2.05) is 19.2 Å². The average molecular weight is 409 g/mol. The number of nitrogens with zero attached hydrogens (tertiary/aromatic N) is 3. The molecule has 4 nitrogen and oxygen atoms in total. The van der Waals surface area contributed by atoms with Crippen LogP contribution in [-0.2, 0) is 6.54 Å². The fourth-order valence-corrected chi connectivity index (χ4v) is 3.66. The summed E-state index contributed by atoms with van der Waals surface area (Å²) in [6.45, 7) is 9.23. The Morgan fingerprint density at radius 1 is 0.839 bits per heavy atom. The number of anilines is 1. The number of pyridine rings is 1. The summed E-state index contributed by atoms with van der Waals surface area (Å²) in [5.41, 5.74) is 7.94. The molecule has 2 heterocycles. The Bertz CT molecular complexity index is 1170. The fourth-order valence-electron chi connectivity index (χ4n) is 3.66. The second-order valence-electron chi connectivity index (χ2n) is 8.14. The van der Waals surface area contributed by atoms with Gasteiger partial charge in [0, 0.05) is 35.8 Å². The zero-order valence-corrected chi connectivity index (χ0v) is 18.6. The Balaban J connectivity index is 1.57. The lowest BCUT2D eigenvalue weighted by molar-refractivity contribution is 0.865. The van der Waals surface area contributed by atoms with Gasteiger partial charge in [-0.25, -0.2) is 9.97 Å². The average Bonchev–Trinajstić information content (AvgIpc) is 2.81. The summed E-state index contributed by atoms with van der Waals surface area (Å²) in [7, 11) is 0. The molecule has 4 heteroatoms. The Kier molecular flexibility index (Phi) is 6.08. The number of aromatic nitrogens is 3. The second kappa shape index (κ2) is 9.09. The highest BCUT2D eigenvalue weighted by atomic mass is 15.0. The maximum absolute atomic E-state index is 4.90. The van der Waals surface area contributed by atoms with Crippen molar-refractivity contribution < 1.29 is 0 Å². The molecule has 0 aliphatic heterocycles. The number of rotatable bonds is 6. The minimum Gasteiger partial charge on any atom is -0.366 e. The molecule has 4 aromatic rings. The van der Waals surface area contributed by atoms with Crippen molar-refractivity contribution in [3.63, 3.8) is 0 Å². The van der Waals surface area contributed by atoms with Gasteiger partial charge < -0.3 is 5.32 Å². The summed E-state index contributed by atoms with van der Waals surface area (Å²) in [6, 6.07) is 21.0. The third-order valence-electron chi connectivity index (χ3n) is 5.62. The van der Waals surface area contributed by atoms with E-state index in [1.165, 1.54) is 16.7 Å². The van der Waals surface area contributed by atoms with Crippen LogP contribution in [0.4, 0.5) is 5.82 Å². The predicted molar refractivity (Wildman–Crippen MR) is 128 cm³/mol. The number of aryl methyl sites for hydroxylation is 1.